The number of hydrogen-bond donors (Lipinski definition) is 3. The zero-order chi connectivity index (χ0) is 36.9. The minimum atomic E-state index is 0.742. The van der Waals surface area contributed by atoms with Crippen LogP contribution in [0.5, 0.6) is 0 Å². The molecule has 54 heavy (non-hydrogen) atoms. The number of hydrogen-bond acceptors (Lipinski definition) is 5. The van der Waals surface area contributed by atoms with Crippen LogP contribution in [-0.4, -0.2) is 0 Å². The number of rotatable bonds is 7. The van der Waals surface area contributed by atoms with Crippen molar-refractivity contribution in [3.05, 3.63) is 179 Å². The van der Waals surface area contributed by atoms with Crippen LogP contribution >= 0.6 is 11.8 Å². The number of nitrogens with two attached hydrogens (primary N) is 2. The van der Waals surface area contributed by atoms with Gasteiger partial charge in [0.25, 0.3) is 0 Å². The number of allylic oxidation sites excluding steroid dienone is 1. The lowest BCUT2D eigenvalue weighted by molar-refractivity contribution is 1.06. The highest BCUT2D eigenvalue weighted by atomic mass is 32.2. The van der Waals surface area contributed by atoms with E-state index in [4.69, 9.17) is 11.5 Å². The molecule has 1 heterocycles. The normalized spacial score (nSPS) is 13.1. The van der Waals surface area contributed by atoms with Crippen molar-refractivity contribution in [3.8, 4) is 33.4 Å². The average molecular weight is 719 g/mol. The molecule has 0 amide bonds. The van der Waals surface area contributed by atoms with Gasteiger partial charge < -0.3 is 21.7 Å². The fraction of sp³-hybridized carbons (Fsp3) is 0.102. The molecular formula is C49H42N4S. The third kappa shape index (κ3) is 5.82. The van der Waals surface area contributed by atoms with Crippen LogP contribution in [0.3, 0.4) is 0 Å². The number of benzene rings is 7. The zero-order valence-corrected chi connectivity index (χ0v) is 31.6. The van der Waals surface area contributed by atoms with E-state index in [2.05, 4.69) is 158 Å². The maximum Gasteiger partial charge on any atom is 0.0607 e. The summed E-state index contributed by atoms with van der Waals surface area (Å²) in [6.45, 7) is 6.74. The van der Waals surface area contributed by atoms with Crippen molar-refractivity contribution in [2.24, 2.45) is 0 Å². The Balaban J connectivity index is 1.33. The molecule has 9 rings (SSSR count). The molecule has 4 nitrogen and oxygen atoms in total. The van der Waals surface area contributed by atoms with E-state index in [1.165, 1.54) is 71.3 Å². The lowest BCUT2D eigenvalue weighted by atomic mass is 9.88. The van der Waals surface area contributed by atoms with Gasteiger partial charge in [0.05, 0.1) is 11.4 Å². The van der Waals surface area contributed by atoms with Gasteiger partial charge in [0.1, 0.15) is 0 Å². The largest absolute Gasteiger partial charge is 0.399 e. The number of aryl methyl sites for hydroxylation is 2. The van der Waals surface area contributed by atoms with Crippen molar-refractivity contribution < 1.29 is 0 Å². The van der Waals surface area contributed by atoms with Gasteiger partial charge in [-0.15, -0.1) is 0 Å². The highest BCUT2D eigenvalue weighted by molar-refractivity contribution is 8.08. The number of fused-ring (bicyclic) bond motifs is 3. The highest BCUT2D eigenvalue weighted by Crippen LogP contribution is 2.59. The van der Waals surface area contributed by atoms with Crippen LogP contribution in [0, 0.1) is 13.8 Å². The summed E-state index contributed by atoms with van der Waals surface area (Å²) in [5, 5.41) is 3.81. The van der Waals surface area contributed by atoms with Gasteiger partial charge in [-0.3, -0.25) is 0 Å². The quantitative estimate of drug-likeness (QED) is 0.143. The first kappa shape index (κ1) is 33.7. The molecule has 1 aliphatic heterocycles. The zero-order valence-electron chi connectivity index (χ0n) is 30.8. The van der Waals surface area contributed by atoms with Gasteiger partial charge in [0.2, 0.25) is 0 Å². The van der Waals surface area contributed by atoms with E-state index in [1.807, 2.05) is 30.0 Å². The van der Waals surface area contributed by atoms with Gasteiger partial charge in [-0.05, 0) is 119 Å². The fourth-order valence-electron chi connectivity index (χ4n) is 8.21. The average Bonchev–Trinajstić information content (AvgIpc) is 3.56. The second kappa shape index (κ2) is 13.7. The molecule has 0 unspecified atom stereocenters. The van der Waals surface area contributed by atoms with E-state index >= 15 is 0 Å². The number of thioether (sulfide) groups is 1. The Morgan fingerprint density at radius 1 is 0.630 bits per heavy atom. The molecule has 0 atom stereocenters. The second-order valence-electron chi connectivity index (χ2n) is 14.3. The monoisotopic (exact) mass is 718 g/mol. The summed E-state index contributed by atoms with van der Waals surface area (Å²) in [6, 6.07) is 52.0. The lowest BCUT2D eigenvalue weighted by Crippen LogP contribution is -2.21. The smallest absolute Gasteiger partial charge is 0.0607 e. The van der Waals surface area contributed by atoms with E-state index in [9.17, 15) is 0 Å². The van der Waals surface area contributed by atoms with Gasteiger partial charge in [0, 0.05) is 61.4 Å². The van der Waals surface area contributed by atoms with E-state index in [0.29, 0.717) is 0 Å². The maximum absolute atomic E-state index is 6.53. The van der Waals surface area contributed by atoms with Crippen LogP contribution in [-0.2, 0) is 12.8 Å². The third-order valence-corrected chi connectivity index (χ3v) is 12.1. The van der Waals surface area contributed by atoms with Crippen LogP contribution in [0.2, 0.25) is 0 Å². The van der Waals surface area contributed by atoms with Crippen LogP contribution in [0.15, 0.2) is 156 Å². The molecule has 0 fully saturated rings. The summed E-state index contributed by atoms with van der Waals surface area (Å²) in [5.41, 5.74) is 33.4. The Kier molecular flexibility index (Phi) is 8.52. The molecule has 2 aliphatic rings. The Hall–Kier alpha value is -6.17. The summed E-state index contributed by atoms with van der Waals surface area (Å²) in [6.07, 6.45) is 1.81. The third-order valence-electron chi connectivity index (χ3n) is 10.8. The Morgan fingerprint density at radius 2 is 1.35 bits per heavy atom. The van der Waals surface area contributed by atoms with Gasteiger partial charge in [-0.2, -0.15) is 0 Å². The summed E-state index contributed by atoms with van der Waals surface area (Å²) < 4.78 is 0. The fourth-order valence-corrected chi connectivity index (χ4v) is 9.53. The molecule has 0 spiro atoms. The number of nitrogen functional groups attached to an aromatic ring is 2. The van der Waals surface area contributed by atoms with Crippen LogP contribution < -0.4 is 21.7 Å². The molecular weight excluding hydrogens is 677 g/mol. The minimum absolute atomic E-state index is 0.742. The van der Waals surface area contributed by atoms with E-state index < -0.39 is 0 Å². The number of nitrogens with zero attached hydrogens (tertiary/aromatic N) is 1. The molecule has 7 aromatic rings. The van der Waals surface area contributed by atoms with Crippen molar-refractivity contribution >= 4 is 50.8 Å². The first-order chi connectivity index (χ1) is 26.4. The maximum atomic E-state index is 6.53. The van der Waals surface area contributed by atoms with Gasteiger partial charge in [-0.1, -0.05) is 110 Å². The predicted octanol–water partition coefficient (Wildman–Crippen LogP) is 12.9. The van der Waals surface area contributed by atoms with Crippen LogP contribution in [0.25, 0.3) is 38.3 Å². The topological polar surface area (TPSA) is 67.3 Å². The molecule has 5 heteroatoms. The minimum Gasteiger partial charge on any atom is -0.399 e. The first-order valence-corrected chi connectivity index (χ1v) is 19.4. The van der Waals surface area contributed by atoms with Crippen LogP contribution in [0.4, 0.5) is 34.1 Å². The van der Waals surface area contributed by atoms with Crippen molar-refractivity contribution in [2.45, 2.75) is 38.5 Å². The molecule has 1 aliphatic carbocycles. The molecule has 0 bridgehead atoms. The summed E-state index contributed by atoms with van der Waals surface area (Å²) >= 11 is 1.91. The van der Waals surface area contributed by atoms with E-state index in [0.717, 1.165) is 52.4 Å². The second-order valence-corrected chi connectivity index (χ2v) is 15.3. The van der Waals surface area contributed by atoms with Crippen molar-refractivity contribution in [3.63, 3.8) is 0 Å². The summed E-state index contributed by atoms with van der Waals surface area (Å²) in [4.78, 5) is 5.06. The van der Waals surface area contributed by atoms with Gasteiger partial charge in [-0.25, -0.2) is 0 Å². The number of nitrogens with one attached hydrogen (secondary N) is 1. The Morgan fingerprint density at radius 3 is 2.15 bits per heavy atom. The Bertz CT molecular complexity index is 2610. The standard InChI is InChI=1S/C49H42N4S/c1-4-32-12-8-10-16-39(32)38-23-24-43(52-37-21-18-35(50)19-22-37)47(31(38)3)42-26-30(2)27-45-49(42)54-48-40-17-11-9-15-34(40)28-46(48)53(45)44-25-20-36(51)29-41(44)33-13-6-5-7-14-33/h5-27,29,52H,4,28,50-51H2,1-3H3. The Labute approximate surface area is 322 Å². The van der Waals surface area contributed by atoms with E-state index in [-0.39, 0.29) is 0 Å². The van der Waals surface area contributed by atoms with Crippen molar-refractivity contribution in [1.82, 2.24) is 0 Å². The van der Waals surface area contributed by atoms with Crippen molar-refractivity contribution in [1.29, 1.82) is 0 Å². The predicted molar refractivity (Wildman–Crippen MR) is 232 cm³/mol. The molecule has 0 saturated carbocycles. The molecule has 264 valence electrons. The lowest BCUT2D eigenvalue weighted by Gasteiger charge is -2.36. The highest BCUT2D eigenvalue weighted by Gasteiger charge is 2.36. The molecule has 7 aromatic carbocycles. The molecule has 0 radical (unpaired) electrons. The summed E-state index contributed by atoms with van der Waals surface area (Å²) in [5.74, 6) is 0. The first-order valence-electron chi connectivity index (χ1n) is 18.6. The van der Waals surface area contributed by atoms with Crippen LogP contribution in [0.1, 0.15) is 34.7 Å². The summed E-state index contributed by atoms with van der Waals surface area (Å²) in [7, 11) is 0. The molecule has 0 aromatic heterocycles. The van der Waals surface area contributed by atoms with Gasteiger partial charge >= 0.3 is 0 Å². The number of anilines is 6. The molecule has 5 N–H and O–H groups in total. The SMILES string of the molecule is CCc1ccccc1-c1ccc(Nc2ccc(N)cc2)c(-c2cc(C)cc3c2SC2=C(Cc4ccccc42)N3c2ccc(N)cc2-c2ccccc2)c1C. The van der Waals surface area contributed by atoms with Crippen molar-refractivity contribution in [2.75, 3.05) is 21.7 Å². The van der Waals surface area contributed by atoms with E-state index in [1.54, 1.807) is 0 Å². The van der Waals surface area contributed by atoms with Gasteiger partial charge in [0.15, 0.2) is 0 Å². The molecule has 0 saturated heterocycles.